The molecule has 3 atom stereocenters. The van der Waals surface area contributed by atoms with Gasteiger partial charge >= 0.3 is 5.97 Å². The van der Waals surface area contributed by atoms with E-state index in [0.29, 0.717) is 5.92 Å². The van der Waals surface area contributed by atoms with Crippen molar-refractivity contribution in [3.63, 3.8) is 0 Å². The first-order chi connectivity index (χ1) is 6.68. The van der Waals surface area contributed by atoms with Crippen LogP contribution < -0.4 is 0 Å². The van der Waals surface area contributed by atoms with Gasteiger partial charge in [-0.05, 0) is 18.4 Å². The van der Waals surface area contributed by atoms with Crippen LogP contribution in [0.3, 0.4) is 0 Å². The quantitative estimate of drug-likeness (QED) is 0.375. The molecule has 0 saturated carbocycles. The number of esters is 1. The molecule has 2 aliphatic rings. The summed E-state index contributed by atoms with van der Waals surface area (Å²) in [4.78, 5) is 22.0. The topological polar surface area (TPSA) is 43.4 Å². The Hall–Kier alpha value is -1.38. The van der Waals surface area contributed by atoms with Crippen LogP contribution in [0.2, 0.25) is 0 Å². The van der Waals surface area contributed by atoms with Gasteiger partial charge in [0.2, 0.25) is 0 Å². The lowest BCUT2D eigenvalue weighted by Crippen LogP contribution is -2.39. The van der Waals surface area contributed by atoms with Crippen molar-refractivity contribution < 1.29 is 14.3 Å². The van der Waals surface area contributed by atoms with Crippen LogP contribution in [0.15, 0.2) is 24.3 Å². The van der Waals surface area contributed by atoms with E-state index in [0.717, 1.165) is 12.7 Å². The molecule has 0 radical (unpaired) electrons. The molecule has 2 aliphatic carbocycles. The fourth-order valence-electron chi connectivity index (χ4n) is 2.23. The zero-order chi connectivity index (χ0) is 10.2. The molecule has 2 rings (SSSR count). The number of carbonyl (C=O) groups is 2. The van der Waals surface area contributed by atoms with Crippen LogP contribution in [-0.4, -0.2) is 17.9 Å². The van der Waals surface area contributed by atoms with E-state index in [9.17, 15) is 9.59 Å². The average molecular weight is 192 g/mol. The summed E-state index contributed by atoms with van der Waals surface area (Å²) in [6, 6.07) is 0. The number of hydrogen-bond donors (Lipinski definition) is 0. The number of aldehydes is 1. The second-order valence-corrected chi connectivity index (χ2v) is 3.78. The number of fused-ring (bicyclic) bond motifs is 1. The molecule has 3 nitrogen and oxygen atoms in total. The van der Waals surface area contributed by atoms with Crippen LogP contribution in [0.4, 0.5) is 0 Å². The van der Waals surface area contributed by atoms with Crippen LogP contribution in [0.5, 0.6) is 0 Å². The van der Waals surface area contributed by atoms with Crippen LogP contribution >= 0.6 is 0 Å². The van der Waals surface area contributed by atoms with Gasteiger partial charge in [0, 0.05) is 12.8 Å². The van der Waals surface area contributed by atoms with E-state index < -0.39 is 11.6 Å². The van der Waals surface area contributed by atoms with E-state index in [1.807, 2.05) is 18.2 Å². The van der Waals surface area contributed by atoms with Crippen LogP contribution in [0.1, 0.15) is 13.3 Å². The molecule has 3 heteroatoms. The van der Waals surface area contributed by atoms with Crippen molar-refractivity contribution in [2.24, 2.45) is 11.8 Å². The normalized spacial score (nSPS) is 38.4. The minimum Gasteiger partial charge on any atom is -0.447 e. The third-order valence-electron chi connectivity index (χ3n) is 2.84. The van der Waals surface area contributed by atoms with Crippen molar-refractivity contribution in [2.75, 3.05) is 0 Å². The molecule has 0 aromatic heterocycles. The molecular formula is C11H12O3. The smallest absolute Gasteiger partial charge is 0.303 e. The summed E-state index contributed by atoms with van der Waals surface area (Å²) in [6.45, 7) is 1.32. The summed E-state index contributed by atoms with van der Waals surface area (Å²) in [5.41, 5.74) is -1.04. The van der Waals surface area contributed by atoms with Gasteiger partial charge in [-0.1, -0.05) is 18.2 Å². The molecule has 0 amide bonds. The number of carbonyl (C=O) groups excluding carboxylic acids is 2. The molecule has 0 bridgehead atoms. The standard InChI is InChI=1S/C11H12O3/c1-8(13)14-11(7-12)6-5-9-3-2-4-10(9)11/h2,4-7,9-10H,3H2,1H3/t9-,10-,11+/m1/s1. The maximum atomic E-state index is 11.0. The highest BCUT2D eigenvalue weighted by molar-refractivity contribution is 5.76. The van der Waals surface area contributed by atoms with Crippen molar-refractivity contribution in [3.05, 3.63) is 24.3 Å². The van der Waals surface area contributed by atoms with Crippen LogP contribution in [0, 0.1) is 11.8 Å². The monoisotopic (exact) mass is 192 g/mol. The molecule has 0 unspecified atom stereocenters. The first-order valence-electron chi connectivity index (χ1n) is 4.70. The summed E-state index contributed by atoms with van der Waals surface area (Å²) >= 11 is 0. The minimum atomic E-state index is -1.04. The molecule has 0 heterocycles. The average Bonchev–Trinajstić information content (AvgIpc) is 2.68. The minimum absolute atomic E-state index is 0.00361. The fourth-order valence-corrected chi connectivity index (χ4v) is 2.23. The SMILES string of the molecule is CC(=O)O[C@]1(C=O)C=C[C@H]2CC=C[C@H]21. The maximum absolute atomic E-state index is 11.0. The van der Waals surface area contributed by atoms with Gasteiger partial charge in [-0.2, -0.15) is 0 Å². The number of hydrogen-bond acceptors (Lipinski definition) is 3. The fraction of sp³-hybridized carbons (Fsp3) is 0.455. The second-order valence-electron chi connectivity index (χ2n) is 3.78. The van der Waals surface area contributed by atoms with Gasteiger partial charge in [-0.3, -0.25) is 9.59 Å². The van der Waals surface area contributed by atoms with Gasteiger partial charge in [0.05, 0.1) is 0 Å². The summed E-state index contributed by atoms with van der Waals surface area (Å²) in [5.74, 6) is -0.0915. The Morgan fingerprint density at radius 3 is 3.00 bits per heavy atom. The van der Waals surface area contributed by atoms with Crippen molar-refractivity contribution in [2.45, 2.75) is 18.9 Å². The van der Waals surface area contributed by atoms with Gasteiger partial charge in [0.25, 0.3) is 0 Å². The van der Waals surface area contributed by atoms with E-state index in [4.69, 9.17) is 4.74 Å². The highest BCUT2D eigenvalue weighted by Gasteiger charge is 2.47. The molecule has 0 fully saturated rings. The number of allylic oxidation sites excluding steroid dienone is 2. The van der Waals surface area contributed by atoms with Gasteiger partial charge in [0.1, 0.15) is 0 Å². The van der Waals surface area contributed by atoms with Gasteiger partial charge < -0.3 is 4.74 Å². The van der Waals surface area contributed by atoms with E-state index in [1.165, 1.54) is 6.92 Å². The van der Waals surface area contributed by atoms with Gasteiger partial charge in [-0.25, -0.2) is 0 Å². The second kappa shape index (κ2) is 3.08. The molecule has 74 valence electrons. The predicted molar refractivity (Wildman–Crippen MR) is 50.4 cm³/mol. The van der Waals surface area contributed by atoms with Crippen molar-refractivity contribution in [3.8, 4) is 0 Å². The van der Waals surface area contributed by atoms with Gasteiger partial charge in [0.15, 0.2) is 11.9 Å². The summed E-state index contributed by atoms with van der Waals surface area (Å²) in [6.07, 6.45) is 9.31. The first kappa shape index (κ1) is 9.19. The third kappa shape index (κ3) is 1.20. The van der Waals surface area contributed by atoms with E-state index in [1.54, 1.807) is 6.08 Å². The molecule has 14 heavy (non-hydrogen) atoms. The molecular weight excluding hydrogens is 180 g/mol. The largest absolute Gasteiger partial charge is 0.447 e. The Balaban J connectivity index is 2.28. The molecule has 0 N–H and O–H groups in total. The van der Waals surface area contributed by atoms with Crippen molar-refractivity contribution in [1.29, 1.82) is 0 Å². The zero-order valence-electron chi connectivity index (χ0n) is 7.97. The Labute approximate surface area is 82.4 Å². The van der Waals surface area contributed by atoms with Gasteiger partial charge in [-0.15, -0.1) is 0 Å². The van der Waals surface area contributed by atoms with Crippen LogP contribution in [0.25, 0.3) is 0 Å². The van der Waals surface area contributed by atoms with E-state index in [2.05, 4.69) is 0 Å². The maximum Gasteiger partial charge on any atom is 0.303 e. The van der Waals surface area contributed by atoms with E-state index in [-0.39, 0.29) is 5.92 Å². The van der Waals surface area contributed by atoms with Crippen molar-refractivity contribution >= 4 is 12.3 Å². The van der Waals surface area contributed by atoms with E-state index >= 15 is 0 Å². The highest BCUT2D eigenvalue weighted by atomic mass is 16.6. The summed E-state index contributed by atoms with van der Waals surface area (Å²) in [7, 11) is 0. The molecule has 0 aromatic carbocycles. The lowest BCUT2D eigenvalue weighted by atomic mass is 9.88. The van der Waals surface area contributed by atoms with Crippen LogP contribution in [-0.2, 0) is 14.3 Å². The third-order valence-corrected chi connectivity index (χ3v) is 2.84. The predicted octanol–water partition coefficient (Wildman–Crippen LogP) is 1.25. The lowest BCUT2D eigenvalue weighted by Gasteiger charge is -2.27. The number of rotatable bonds is 2. The van der Waals surface area contributed by atoms with Crippen molar-refractivity contribution in [1.82, 2.24) is 0 Å². The Bertz CT molecular complexity index is 329. The molecule has 0 saturated heterocycles. The summed E-state index contributed by atoms with van der Waals surface area (Å²) < 4.78 is 5.12. The Morgan fingerprint density at radius 2 is 2.36 bits per heavy atom. The highest BCUT2D eigenvalue weighted by Crippen LogP contribution is 2.42. The molecule has 0 spiro atoms. The number of ether oxygens (including phenoxy) is 1. The Morgan fingerprint density at radius 1 is 1.57 bits per heavy atom. The molecule has 0 aliphatic heterocycles. The molecule has 0 aromatic rings. The zero-order valence-corrected chi connectivity index (χ0v) is 7.97. The first-order valence-corrected chi connectivity index (χ1v) is 4.70. The Kier molecular flexibility index (Phi) is 2.02. The summed E-state index contributed by atoms with van der Waals surface area (Å²) in [5, 5.41) is 0. The lowest BCUT2D eigenvalue weighted by molar-refractivity contribution is -0.158.